The van der Waals surface area contributed by atoms with Crippen molar-refractivity contribution in [2.45, 2.75) is 52.0 Å². The third-order valence-electron chi connectivity index (χ3n) is 5.33. The first kappa shape index (κ1) is 13.9. The summed E-state index contributed by atoms with van der Waals surface area (Å²) < 4.78 is 2.08. The molecule has 0 bridgehead atoms. The topological polar surface area (TPSA) is 47.1 Å². The molecule has 0 amide bonds. The van der Waals surface area contributed by atoms with Crippen molar-refractivity contribution in [2.75, 3.05) is 18.0 Å². The van der Waals surface area contributed by atoms with Crippen LogP contribution in [0.1, 0.15) is 43.9 Å². The quantitative estimate of drug-likeness (QED) is 0.917. The molecule has 1 aromatic heterocycles. The van der Waals surface area contributed by atoms with Gasteiger partial charge in [0.2, 0.25) is 0 Å². The summed E-state index contributed by atoms with van der Waals surface area (Å²) in [5.41, 5.74) is 8.72. The second-order valence-electron chi connectivity index (χ2n) is 6.74. The van der Waals surface area contributed by atoms with E-state index in [2.05, 4.69) is 35.6 Å². The first-order chi connectivity index (χ1) is 9.60. The summed E-state index contributed by atoms with van der Waals surface area (Å²) in [6.07, 6.45) is 6.25. The van der Waals surface area contributed by atoms with Gasteiger partial charge in [0.05, 0.1) is 5.69 Å². The monoisotopic (exact) mass is 276 g/mol. The highest BCUT2D eigenvalue weighted by Gasteiger charge is 2.38. The number of aromatic nitrogens is 2. The fraction of sp³-hybridized carbons (Fsp3) is 0.812. The van der Waals surface area contributed by atoms with E-state index >= 15 is 0 Å². The van der Waals surface area contributed by atoms with Crippen molar-refractivity contribution in [3.63, 3.8) is 0 Å². The second kappa shape index (κ2) is 5.40. The van der Waals surface area contributed by atoms with E-state index in [0.29, 0.717) is 0 Å². The third kappa shape index (κ3) is 2.34. The summed E-state index contributed by atoms with van der Waals surface area (Å²) in [6.45, 7) is 6.73. The largest absolute Gasteiger partial charge is 0.356 e. The number of nitrogens with zero attached hydrogens (tertiary/aromatic N) is 3. The van der Waals surface area contributed by atoms with Gasteiger partial charge in [-0.3, -0.25) is 4.68 Å². The number of hydrogen-bond donors (Lipinski definition) is 1. The van der Waals surface area contributed by atoms with Crippen molar-refractivity contribution < 1.29 is 0 Å². The van der Waals surface area contributed by atoms with Gasteiger partial charge in [-0.1, -0.05) is 13.3 Å². The number of fused-ring (bicyclic) bond motifs is 1. The van der Waals surface area contributed by atoms with Gasteiger partial charge in [0.25, 0.3) is 0 Å². The lowest BCUT2D eigenvalue weighted by molar-refractivity contribution is 0.494. The second-order valence-corrected chi connectivity index (χ2v) is 6.74. The molecule has 1 aliphatic carbocycles. The molecule has 1 aliphatic heterocycles. The molecule has 4 nitrogen and oxygen atoms in total. The predicted octanol–water partition coefficient (Wildman–Crippen LogP) is 2.24. The molecule has 20 heavy (non-hydrogen) atoms. The Bertz CT molecular complexity index is 467. The zero-order chi connectivity index (χ0) is 14.3. The molecule has 2 N–H and O–H groups in total. The number of nitrogens with two attached hydrogens (primary N) is 1. The summed E-state index contributed by atoms with van der Waals surface area (Å²) in [5.74, 6) is 3.16. The molecule has 0 spiro atoms. The van der Waals surface area contributed by atoms with Crippen molar-refractivity contribution in [3.8, 4) is 0 Å². The van der Waals surface area contributed by atoms with Gasteiger partial charge < -0.3 is 10.6 Å². The van der Waals surface area contributed by atoms with Crippen LogP contribution < -0.4 is 10.6 Å². The minimum absolute atomic E-state index is 0.249. The van der Waals surface area contributed by atoms with Gasteiger partial charge in [0.1, 0.15) is 5.82 Å². The molecule has 0 aromatic carbocycles. The highest BCUT2D eigenvalue weighted by atomic mass is 15.4. The molecular weight excluding hydrogens is 248 g/mol. The van der Waals surface area contributed by atoms with E-state index in [9.17, 15) is 0 Å². The number of anilines is 1. The molecule has 1 saturated heterocycles. The Kier molecular flexibility index (Phi) is 3.76. The molecule has 1 aromatic rings. The Morgan fingerprint density at radius 3 is 2.55 bits per heavy atom. The van der Waals surface area contributed by atoms with E-state index < -0.39 is 0 Å². The van der Waals surface area contributed by atoms with Gasteiger partial charge in [-0.15, -0.1) is 0 Å². The molecule has 4 heteroatoms. The van der Waals surface area contributed by atoms with Crippen molar-refractivity contribution in [3.05, 3.63) is 11.3 Å². The smallest absolute Gasteiger partial charge is 0.130 e. The van der Waals surface area contributed by atoms with E-state index in [1.807, 2.05) is 0 Å². The van der Waals surface area contributed by atoms with Crippen LogP contribution in [0.15, 0.2) is 0 Å². The van der Waals surface area contributed by atoms with Crippen LogP contribution in [-0.4, -0.2) is 28.9 Å². The molecule has 2 fully saturated rings. The minimum atomic E-state index is 0.249. The Labute approximate surface area is 122 Å². The normalized spacial score (nSPS) is 27.1. The third-order valence-corrected chi connectivity index (χ3v) is 5.33. The fourth-order valence-corrected chi connectivity index (χ4v) is 4.14. The Morgan fingerprint density at radius 1 is 1.30 bits per heavy atom. The van der Waals surface area contributed by atoms with Crippen LogP contribution >= 0.6 is 0 Å². The van der Waals surface area contributed by atoms with Crippen molar-refractivity contribution in [1.82, 2.24) is 9.78 Å². The highest BCUT2D eigenvalue weighted by molar-refractivity contribution is 5.51. The van der Waals surface area contributed by atoms with Crippen LogP contribution in [0.2, 0.25) is 0 Å². The van der Waals surface area contributed by atoms with Gasteiger partial charge in [0, 0.05) is 31.7 Å². The maximum absolute atomic E-state index is 6.19. The Balaban J connectivity index is 1.85. The number of rotatable bonds is 4. The van der Waals surface area contributed by atoms with Gasteiger partial charge in [-0.25, -0.2) is 0 Å². The van der Waals surface area contributed by atoms with Crippen LogP contribution in [-0.2, 0) is 13.5 Å². The molecule has 3 atom stereocenters. The lowest BCUT2D eigenvalue weighted by Crippen LogP contribution is -2.27. The van der Waals surface area contributed by atoms with Crippen molar-refractivity contribution >= 4 is 5.82 Å². The lowest BCUT2D eigenvalue weighted by atomic mass is 10.0. The van der Waals surface area contributed by atoms with E-state index in [-0.39, 0.29) is 6.04 Å². The molecule has 3 unspecified atom stereocenters. The van der Waals surface area contributed by atoms with Crippen molar-refractivity contribution in [2.24, 2.45) is 24.6 Å². The lowest BCUT2D eigenvalue weighted by Gasteiger charge is -2.22. The van der Waals surface area contributed by atoms with E-state index in [0.717, 1.165) is 30.4 Å². The van der Waals surface area contributed by atoms with Gasteiger partial charge in [-0.05, 0) is 44.4 Å². The van der Waals surface area contributed by atoms with Crippen LogP contribution in [0.5, 0.6) is 0 Å². The molecule has 1 saturated carbocycles. The zero-order valence-corrected chi connectivity index (χ0v) is 13.1. The maximum Gasteiger partial charge on any atom is 0.130 e. The van der Waals surface area contributed by atoms with Gasteiger partial charge >= 0.3 is 0 Å². The molecule has 0 radical (unpaired) electrons. The first-order valence-corrected chi connectivity index (χ1v) is 8.13. The number of aryl methyl sites for hydroxylation is 2. The van der Waals surface area contributed by atoms with E-state index in [4.69, 9.17) is 5.73 Å². The van der Waals surface area contributed by atoms with Crippen LogP contribution in [0.3, 0.4) is 0 Å². The Morgan fingerprint density at radius 2 is 1.95 bits per heavy atom. The molecule has 2 heterocycles. The summed E-state index contributed by atoms with van der Waals surface area (Å²) in [4.78, 5) is 2.58. The van der Waals surface area contributed by atoms with Gasteiger partial charge in [-0.2, -0.15) is 5.10 Å². The highest BCUT2D eigenvalue weighted by Crippen LogP contribution is 2.40. The molecule has 2 aliphatic rings. The number of hydrogen-bond acceptors (Lipinski definition) is 3. The molecule has 112 valence electrons. The average Bonchev–Trinajstić information content (AvgIpc) is 3.04. The summed E-state index contributed by atoms with van der Waals surface area (Å²) >= 11 is 0. The predicted molar refractivity (Wildman–Crippen MR) is 83.0 cm³/mol. The average molecular weight is 276 g/mol. The van der Waals surface area contributed by atoms with E-state index in [1.165, 1.54) is 43.7 Å². The van der Waals surface area contributed by atoms with Crippen LogP contribution in [0, 0.1) is 18.8 Å². The maximum atomic E-state index is 6.19. The summed E-state index contributed by atoms with van der Waals surface area (Å²) in [7, 11) is 2.08. The Hall–Kier alpha value is -1.03. The summed E-state index contributed by atoms with van der Waals surface area (Å²) in [5, 5.41) is 4.66. The summed E-state index contributed by atoms with van der Waals surface area (Å²) in [6, 6.07) is 0.249. The molecule has 3 rings (SSSR count). The van der Waals surface area contributed by atoms with Crippen molar-refractivity contribution in [1.29, 1.82) is 0 Å². The molecular formula is C16H28N4. The first-order valence-electron chi connectivity index (χ1n) is 8.13. The minimum Gasteiger partial charge on any atom is -0.356 e. The van der Waals surface area contributed by atoms with E-state index in [1.54, 1.807) is 0 Å². The zero-order valence-electron chi connectivity index (χ0n) is 13.1. The van der Waals surface area contributed by atoms with Gasteiger partial charge in [0.15, 0.2) is 0 Å². The SMILES string of the molecule is CCC(N)Cc1c(C)nn(C)c1N1CC2CCCC2C1. The standard InChI is InChI=1S/C16H28N4/c1-4-14(17)8-15-11(2)18-19(3)16(15)20-9-12-6-5-7-13(12)10-20/h12-14H,4-10,17H2,1-3H3. The van der Waals surface area contributed by atoms with Crippen LogP contribution in [0.25, 0.3) is 0 Å². The fourth-order valence-electron chi connectivity index (χ4n) is 4.14. The van der Waals surface area contributed by atoms with Crippen LogP contribution in [0.4, 0.5) is 5.82 Å².